The van der Waals surface area contributed by atoms with E-state index >= 15 is 0 Å². The van der Waals surface area contributed by atoms with Gasteiger partial charge in [-0.05, 0) is 34.5 Å². The Bertz CT molecular complexity index is 576. The Labute approximate surface area is 113 Å². The van der Waals surface area contributed by atoms with Crippen molar-refractivity contribution in [1.82, 2.24) is 4.90 Å². The predicted octanol–water partition coefficient (Wildman–Crippen LogP) is 2.88. The van der Waals surface area contributed by atoms with Crippen molar-refractivity contribution >= 4 is 22.9 Å². The monoisotopic (exact) mass is 282 g/mol. The first-order valence-corrected chi connectivity index (χ1v) is 6.44. The maximum absolute atomic E-state index is 13.3. The van der Waals surface area contributed by atoms with Crippen molar-refractivity contribution in [3.63, 3.8) is 0 Å². The van der Waals surface area contributed by atoms with Gasteiger partial charge in [0.1, 0.15) is 17.3 Å². The first-order valence-electron chi connectivity index (χ1n) is 5.50. The van der Waals surface area contributed by atoms with E-state index in [0.29, 0.717) is 6.54 Å². The number of benzene rings is 1. The molecule has 0 aliphatic rings. The van der Waals surface area contributed by atoms with Crippen LogP contribution in [-0.4, -0.2) is 17.9 Å². The number of nitrogens with two attached hydrogens (primary N) is 1. The summed E-state index contributed by atoms with van der Waals surface area (Å²) < 4.78 is 26.6. The van der Waals surface area contributed by atoms with Crippen LogP contribution in [0.3, 0.4) is 0 Å². The average molecular weight is 282 g/mol. The summed E-state index contributed by atoms with van der Waals surface area (Å²) in [6.07, 6.45) is 0. The van der Waals surface area contributed by atoms with Crippen LogP contribution in [0.2, 0.25) is 0 Å². The summed E-state index contributed by atoms with van der Waals surface area (Å²) in [5, 5.41) is 3.81. The summed E-state index contributed by atoms with van der Waals surface area (Å²) in [7, 11) is 1.58. The van der Waals surface area contributed by atoms with Gasteiger partial charge < -0.3 is 10.6 Å². The lowest BCUT2D eigenvalue weighted by Gasteiger charge is -2.17. The molecule has 6 heteroatoms. The van der Waals surface area contributed by atoms with Crippen LogP contribution in [-0.2, 0) is 6.54 Å². The fourth-order valence-corrected chi connectivity index (χ4v) is 2.32. The van der Waals surface area contributed by atoms with Gasteiger partial charge >= 0.3 is 0 Å². The Hall–Kier alpha value is -1.95. The van der Waals surface area contributed by atoms with Crippen LogP contribution in [0.15, 0.2) is 29.0 Å². The Morgan fingerprint density at radius 1 is 1.37 bits per heavy atom. The van der Waals surface area contributed by atoms with Crippen molar-refractivity contribution in [3.8, 4) is 0 Å². The highest BCUT2D eigenvalue weighted by molar-refractivity contribution is 7.07. The van der Waals surface area contributed by atoms with Gasteiger partial charge in [0.05, 0.1) is 0 Å². The zero-order valence-corrected chi connectivity index (χ0v) is 11.0. The van der Waals surface area contributed by atoms with E-state index in [1.807, 2.05) is 16.8 Å². The molecule has 0 unspecified atom stereocenters. The maximum Gasteiger partial charge on any atom is 0.254 e. The molecule has 0 saturated carbocycles. The summed E-state index contributed by atoms with van der Waals surface area (Å²) >= 11 is 1.52. The molecule has 2 N–H and O–H groups in total. The molecule has 1 amide bonds. The normalized spacial score (nSPS) is 10.5. The lowest BCUT2D eigenvalue weighted by Crippen LogP contribution is -2.26. The summed E-state index contributed by atoms with van der Waals surface area (Å²) in [4.78, 5) is 13.4. The van der Waals surface area contributed by atoms with E-state index in [0.717, 1.165) is 17.7 Å². The lowest BCUT2D eigenvalue weighted by atomic mass is 10.1. The van der Waals surface area contributed by atoms with Crippen LogP contribution in [0.4, 0.5) is 14.5 Å². The highest BCUT2D eigenvalue weighted by atomic mass is 32.1. The highest BCUT2D eigenvalue weighted by Crippen LogP contribution is 2.19. The van der Waals surface area contributed by atoms with Crippen LogP contribution in [0, 0.1) is 11.6 Å². The number of thiophene rings is 1. The van der Waals surface area contributed by atoms with Crippen LogP contribution >= 0.6 is 11.3 Å². The quantitative estimate of drug-likeness (QED) is 0.880. The Balaban J connectivity index is 2.19. The number of anilines is 1. The molecule has 0 atom stereocenters. The third-order valence-electron chi connectivity index (χ3n) is 2.67. The summed E-state index contributed by atoms with van der Waals surface area (Å²) in [5.74, 6) is -2.30. The number of hydrogen-bond acceptors (Lipinski definition) is 3. The van der Waals surface area contributed by atoms with Crippen LogP contribution in [0.5, 0.6) is 0 Å². The van der Waals surface area contributed by atoms with Crippen molar-refractivity contribution in [3.05, 3.63) is 51.7 Å². The molecule has 100 valence electrons. The van der Waals surface area contributed by atoms with Gasteiger partial charge in [-0.15, -0.1) is 0 Å². The van der Waals surface area contributed by atoms with E-state index in [9.17, 15) is 13.6 Å². The number of carbonyl (C=O) groups excluding carboxylic acids is 1. The number of halogens is 2. The topological polar surface area (TPSA) is 46.3 Å². The van der Waals surface area contributed by atoms with Gasteiger partial charge in [0.15, 0.2) is 0 Å². The predicted molar refractivity (Wildman–Crippen MR) is 70.9 cm³/mol. The molecular formula is C13H12F2N2OS. The number of nitrogen functional groups attached to an aromatic ring is 1. The first kappa shape index (κ1) is 13.5. The van der Waals surface area contributed by atoms with Gasteiger partial charge in [-0.2, -0.15) is 11.3 Å². The zero-order chi connectivity index (χ0) is 14.0. The van der Waals surface area contributed by atoms with Gasteiger partial charge in [-0.3, -0.25) is 4.79 Å². The molecule has 1 aromatic carbocycles. The summed E-state index contributed by atoms with van der Waals surface area (Å²) in [5.41, 5.74) is 5.51. The molecule has 0 spiro atoms. The molecule has 0 fully saturated rings. The average Bonchev–Trinajstić information content (AvgIpc) is 2.87. The number of rotatable bonds is 3. The maximum atomic E-state index is 13.3. The minimum atomic E-state index is -0.924. The van der Waals surface area contributed by atoms with Crippen LogP contribution in [0.1, 0.15) is 15.9 Å². The van der Waals surface area contributed by atoms with Gasteiger partial charge in [0, 0.05) is 19.2 Å². The number of hydrogen-bond donors (Lipinski definition) is 1. The minimum absolute atomic E-state index is 0.0538. The second-order valence-corrected chi connectivity index (χ2v) is 4.93. The zero-order valence-electron chi connectivity index (χ0n) is 10.2. The molecule has 0 aliphatic carbocycles. The Morgan fingerprint density at radius 3 is 2.53 bits per heavy atom. The highest BCUT2D eigenvalue weighted by Gasteiger charge is 2.16. The molecule has 0 radical (unpaired) electrons. The lowest BCUT2D eigenvalue weighted by molar-refractivity contribution is 0.0784. The van der Waals surface area contributed by atoms with E-state index in [2.05, 4.69) is 0 Å². The van der Waals surface area contributed by atoms with E-state index in [1.165, 1.54) is 16.2 Å². The van der Waals surface area contributed by atoms with Gasteiger partial charge in [-0.1, -0.05) is 0 Å². The van der Waals surface area contributed by atoms with Crippen molar-refractivity contribution in [2.75, 3.05) is 12.8 Å². The molecule has 1 heterocycles. The third-order valence-corrected chi connectivity index (χ3v) is 3.40. The summed E-state index contributed by atoms with van der Waals surface area (Å²) in [6, 6.07) is 3.79. The third kappa shape index (κ3) is 2.90. The van der Waals surface area contributed by atoms with E-state index < -0.39 is 23.2 Å². The Morgan fingerprint density at radius 2 is 2.00 bits per heavy atom. The second kappa shape index (κ2) is 5.36. The molecule has 3 nitrogen and oxygen atoms in total. The fourth-order valence-electron chi connectivity index (χ4n) is 1.66. The van der Waals surface area contributed by atoms with E-state index in [4.69, 9.17) is 5.73 Å². The van der Waals surface area contributed by atoms with E-state index in [1.54, 1.807) is 7.05 Å². The van der Waals surface area contributed by atoms with Gasteiger partial charge in [0.25, 0.3) is 5.91 Å². The molecule has 2 aromatic rings. The number of nitrogens with zero attached hydrogens (tertiary/aromatic N) is 1. The van der Waals surface area contributed by atoms with E-state index in [-0.39, 0.29) is 5.56 Å². The molecule has 0 bridgehead atoms. The number of amides is 1. The van der Waals surface area contributed by atoms with Crippen molar-refractivity contribution in [2.45, 2.75) is 6.54 Å². The smallest absolute Gasteiger partial charge is 0.254 e. The first-order chi connectivity index (χ1) is 8.99. The van der Waals surface area contributed by atoms with Crippen molar-refractivity contribution in [1.29, 1.82) is 0 Å². The molecule has 1 aromatic heterocycles. The molecule has 0 saturated heterocycles. The number of carbonyl (C=O) groups is 1. The van der Waals surface area contributed by atoms with Crippen molar-refractivity contribution < 1.29 is 13.6 Å². The van der Waals surface area contributed by atoms with Gasteiger partial charge in [-0.25, -0.2) is 8.78 Å². The Kier molecular flexibility index (Phi) is 3.80. The molecule has 2 rings (SSSR count). The second-order valence-electron chi connectivity index (χ2n) is 4.15. The standard InChI is InChI=1S/C13H12F2N2OS/c1-17(6-8-2-3-19-7-8)13(18)9-4-10(14)12(16)11(15)5-9/h2-5,7H,6,16H2,1H3. The largest absolute Gasteiger partial charge is 0.394 e. The van der Waals surface area contributed by atoms with Crippen LogP contribution in [0.25, 0.3) is 0 Å². The molecule has 19 heavy (non-hydrogen) atoms. The van der Waals surface area contributed by atoms with Gasteiger partial charge in [0.2, 0.25) is 0 Å². The molecular weight excluding hydrogens is 270 g/mol. The SMILES string of the molecule is CN(Cc1ccsc1)C(=O)c1cc(F)c(N)c(F)c1. The summed E-state index contributed by atoms with van der Waals surface area (Å²) in [6.45, 7) is 0.385. The molecule has 0 aliphatic heterocycles. The van der Waals surface area contributed by atoms with Crippen LogP contribution < -0.4 is 5.73 Å². The van der Waals surface area contributed by atoms with Crippen molar-refractivity contribution in [2.24, 2.45) is 0 Å². The fraction of sp³-hybridized carbons (Fsp3) is 0.154. The minimum Gasteiger partial charge on any atom is -0.394 e.